The SMILES string of the molecule is [CH2]OCC1=CCCCC1. The summed E-state index contributed by atoms with van der Waals surface area (Å²) >= 11 is 0. The van der Waals surface area contributed by atoms with Crippen LogP contribution in [0.3, 0.4) is 0 Å². The number of hydrogen-bond acceptors (Lipinski definition) is 1. The van der Waals surface area contributed by atoms with Gasteiger partial charge in [-0.25, -0.2) is 0 Å². The molecule has 1 radical (unpaired) electrons. The van der Waals surface area contributed by atoms with Crippen molar-refractivity contribution in [3.8, 4) is 0 Å². The Kier molecular flexibility index (Phi) is 2.78. The van der Waals surface area contributed by atoms with Crippen molar-refractivity contribution in [2.24, 2.45) is 0 Å². The standard InChI is InChI=1S/C8H13O/c1-9-7-8-5-3-2-4-6-8/h5H,1-4,6-7H2. The van der Waals surface area contributed by atoms with E-state index < -0.39 is 0 Å². The maximum Gasteiger partial charge on any atom is 0.0705 e. The first-order chi connectivity index (χ1) is 4.43. The third kappa shape index (κ3) is 2.19. The summed E-state index contributed by atoms with van der Waals surface area (Å²) in [4.78, 5) is 0. The van der Waals surface area contributed by atoms with Gasteiger partial charge in [0.1, 0.15) is 0 Å². The second kappa shape index (κ2) is 3.67. The molecule has 1 rings (SSSR count). The van der Waals surface area contributed by atoms with E-state index >= 15 is 0 Å². The van der Waals surface area contributed by atoms with Gasteiger partial charge in [-0.15, -0.1) is 0 Å². The second-order valence-electron chi connectivity index (χ2n) is 2.46. The van der Waals surface area contributed by atoms with Gasteiger partial charge in [0.15, 0.2) is 0 Å². The summed E-state index contributed by atoms with van der Waals surface area (Å²) in [6, 6.07) is 0. The molecular weight excluding hydrogens is 112 g/mol. The van der Waals surface area contributed by atoms with E-state index in [2.05, 4.69) is 13.2 Å². The van der Waals surface area contributed by atoms with Crippen LogP contribution in [0.1, 0.15) is 25.7 Å². The van der Waals surface area contributed by atoms with Gasteiger partial charge in [0.25, 0.3) is 0 Å². The summed E-state index contributed by atoms with van der Waals surface area (Å²) in [5.41, 5.74) is 1.43. The third-order valence-corrected chi connectivity index (χ3v) is 1.67. The smallest absolute Gasteiger partial charge is 0.0705 e. The highest BCUT2D eigenvalue weighted by Gasteiger charge is 2.01. The van der Waals surface area contributed by atoms with E-state index in [1.165, 1.54) is 31.3 Å². The average Bonchev–Trinajstić information content (AvgIpc) is 1.91. The van der Waals surface area contributed by atoms with Crippen molar-refractivity contribution in [2.45, 2.75) is 25.7 Å². The molecule has 9 heavy (non-hydrogen) atoms. The summed E-state index contributed by atoms with van der Waals surface area (Å²) in [6.45, 7) is 0.736. The van der Waals surface area contributed by atoms with Gasteiger partial charge in [-0.1, -0.05) is 6.08 Å². The molecule has 0 amide bonds. The van der Waals surface area contributed by atoms with E-state index in [1.807, 2.05) is 0 Å². The van der Waals surface area contributed by atoms with E-state index in [0.29, 0.717) is 0 Å². The molecule has 0 N–H and O–H groups in total. The molecule has 1 aliphatic carbocycles. The Morgan fingerprint density at radius 3 is 3.00 bits per heavy atom. The predicted octanol–water partition coefficient (Wildman–Crippen LogP) is 2.29. The third-order valence-electron chi connectivity index (χ3n) is 1.67. The lowest BCUT2D eigenvalue weighted by atomic mass is 10.0. The Hall–Kier alpha value is -0.300. The van der Waals surface area contributed by atoms with Crippen LogP contribution < -0.4 is 0 Å². The average molecular weight is 125 g/mol. The van der Waals surface area contributed by atoms with Gasteiger partial charge in [-0.3, -0.25) is 0 Å². The van der Waals surface area contributed by atoms with Gasteiger partial charge < -0.3 is 4.74 Å². The summed E-state index contributed by atoms with van der Waals surface area (Å²) in [5.74, 6) is 0. The normalized spacial score (nSPS) is 19.4. The van der Waals surface area contributed by atoms with Crippen molar-refractivity contribution in [3.63, 3.8) is 0 Å². The fourth-order valence-electron chi connectivity index (χ4n) is 1.17. The first-order valence-electron chi connectivity index (χ1n) is 3.48. The lowest BCUT2D eigenvalue weighted by molar-refractivity contribution is 0.266. The Morgan fingerprint density at radius 2 is 2.44 bits per heavy atom. The molecule has 0 saturated heterocycles. The molecule has 0 spiro atoms. The Balaban J connectivity index is 2.28. The minimum atomic E-state index is 0.736. The first-order valence-corrected chi connectivity index (χ1v) is 3.48. The van der Waals surface area contributed by atoms with Crippen LogP contribution in [0.5, 0.6) is 0 Å². The molecule has 0 aliphatic heterocycles. The van der Waals surface area contributed by atoms with Gasteiger partial charge in [0.2, 0.25) is 0 Å². The summed E-state index contributed by atoms with van der Waals surface area (Å²) < 4.78 is 4.76. The van der Waals surface area contributed by atoms with Gasteiger partial charge in [0, 0.05) is 0 Å². The summed E-state index contributed by atoms with van der Waals surface area (Å²) in [6.07, 6.45) is 7.40. The Morgan fingerprint density at radius 1 is 1.56 bits per heavy atom. The number of hydrogen-bond donors (Lipinski definition) is 0. The molecule has 0 aromatic carbocycles. The molecule has 1 aliphatic rings. The zero-order valence-electron chi connectivity index (χ0n) is 5.73. The van der Waals surface area contributed by atoms with Crippen LogP contribution in [0.15, 0.2) is 11.6 Å². The largest absolute Gasteiger partial charge is 0.375 e. The molecule has 1 nitrogen and oxygen atoms in total. The minimum Gasteiger partial charge on any atom is -0.375 e. The molecule has 1 heteroatoms. The first kappa shape index (κ1) is 6.81. The molecule has 0 unspecified atom stereocenters. The van der Waals surface area contributed by atoms with Crippen LogP contribution in [0, 0.1) is 7.11 Å². The van der Waals surface area contributed by atoms with E-state index in [1.54, 1.807) is 0 Å². The summed E-state index contributed by atoms with van der Waals surface area (Å²) in [7, 11) is 3.34. The maximum atomic E-state index is 4.76. The van der Waals surface area contributed by atoms with E-state index in [-0.39, 0.29) is 0 Å². The number of rotatable bonds is 2. The van der Waals surface area contributed by atoms with Gasteiger partial charge >= 0.3 is 0 Å². The Labute approximate surface area is 56.7 Å². The van der Waals surface area contributed by atoms with Crippen molar-refractivity contribution >= 4 is 0 Å². The molecule has 0 aromatic heterocycles. The van der Waals surface area contributed by atoms with Gasteiger partial charge in [0.05, 0.1) is 13.7 Å². The molecule has 0 aromatic rings. The molecular formula is C8H13O. The van der Waals surface area contributed by atoms with Crippen molar-refractivity contribution < 1.29 is 4.74 Å². The Bertz CT molecular complexity index is 105. The molecule has 0 saturated carbocycles. The zero-order chi connectivity index (χ0) is 6.53. The monoisotopic (exact) mass is 125 g/mol. The topological polar surface area (TPSA) is 9.23 Å². The van der Waals surface area contributed by atoms with Crippen LogP contribution >= 0.6 is 0 Å². The highest BCUT2D eigenvalue weighted by molar-refractivity contribution is 5.04. The van der Waals surface area contributed by atoms with E-state index in [0.717, 1.165) is 6.61 Å². The van der Waals surface area contributed by atoms with Crippen molar-refractivity contribution in [2.75, 3.05) is 6.61 Å². The van der Waals surface area contributed by atoms with Crippen LogP contribution in [0.2, 0.25) is 0 Å². The van der Waals surface area contributed by atoms with Crippen LogP contribution in [-0.4, -0.2) is 6.61 Å². The quantitative estimate of drug-likeness (QED) is 0.514. The van der Waals surface area contributed by atoms with E-state index in [4.69, 9.17) is 4.74 Å². The van der Waals surface area contributed by atoms with Crippen molar-refractivity contribution in [1.82, 2.24) is 0 Å². The number of allylic oxidation sites excluding steroid dienone is 1. The number of ether oxygens (including phenoxy) is 1. The lowest BCUT2D eigenvalue weighted by Crippen LogP contribution is -1.97. The van der Waals surface area contributed by atoms with Crippen molar-refractivity contribution in [3.05, 3.63) is 18.8 Å². The fraction of sp³-hybridized carbons (Fsp3) is 0.625. The van der Waals surface area contributed by atoms with Crippen molar-refractivity contribution in [1.29, 1.82) is 0 Å². The maximum absolute atomic E-state index is 4.76. The highest BCUT2D eigenvalue weighted by Crippen LogP contribution is 2.16. The van der Waals surface area contributed by atoms with Crippen LogP contribution in [-0.2, 0) is 4.74 Å². The van der Waals surface area contributed by atoms with Gasteiger partial charge in [-0.05, 0) is 31.3 Å². The molecule has 0 heterocycles. The molecule has 0 fully saturated rings. The molecule has 51 valence electrons. The lowest BCUT2D eigenvalue weighted by Gasteiger charge is -2.10. The minimum absolute atomic E-state index is 0.736. The summed E-state index contributed by atoms with van der Waals surface area (Å²) in [5, 5.41) is 0. The highest BCUT2D eigenvalue weighted by atomic mass is 16.5. The van der Waals surface area contributed by atoms with Crippen LogP contribution in [0.4, 0.5) is 0 Å². The van der Waals surface area contributed by atoms with Crippen LogP contribution in [0.25, 0.3) is 0 Å². The van der Waals surface area contributed by atoms with Gasteiger partial charge in [-0.2, -0.15) is 0 Å². The predicted molar refractivity (Wildman–Crippen MR) is 37.9 cm³/mol. The van der Waals surface area contributed by atoms with E-state index in [9.17, 15) is 0 Å². The second-order valence-corrected chi connectivity index (χ2v) is 2.46. The molecule has 0 bridgehead atoms. The fourth-order valence-corrected chi connectivity index (χ4v) is 1.17. The zero-order valence-corrected chi connectivity index (χ0v) is 5.73. The molecule has 0 atom stereocenters.